The molecular formula is C19H23N5O. The summed E-state index contributed by atoms with van der Waals surface area (Å²) in [7, 11) is 1.78. The fourth-order valence-electron chi connectivity index (χ4n) is 3.54. The number of benzene rings is 1. The van der Waals surface area contributed by atoms with Crippen LogP contribution in [0, 0.1) is 0 Å². The second-order valence-corrected chi connectivity index (χ2v) is 6.88. The molecule has 1 aromatic heterocycles. The summed E-state index contributed by atoms with van der Waals surface area (Å²) in [6, 6.07) is 6.35. The number of carbonyl (C=O) groups is 1. The lowest BCUT2D eigenvalue weighted by atomic mass is 10.1. The number of nitrogens with one attached hydrogen (secondary N) is 2. The molecule has 2 aliphatic rings. The summed E-state index contributed by atoms with van der Waals surface area (Å²) in [5.74, 6) is 0.607. The van der Waals surface area contributed by atoms with Gasteiger partial charge in [0, 0.05) is 18.5 Å². The Balaban J connectivity index is 1.56. The summed E-state index contributed by atoms with van der Waals surface area (Å²) in [4.78, 5) is 18.7. The van der Waals surface area contributed by atoms with E-state index >= 15 is 0 Å². The number of carbonyl (C=O) groups excluding carboxylic acids is 1. The molecule has 0 unspecified atom stereocenters. The summed E-state index contributed by atoms with van der Waals surface area (Å²) >= 11 is 0. The highest BCUT2D eigenvalue weighted by atomic mass is 16.2. The number of aromatic amines is 1. The molecule has 0 spiro atoms. The Morgan fingerprint density at radius 1 is 1.24 bits per heavy atom. The minimum atomic E-state index is -0.0663. The molecule has 6 heteroatoms. The van der Waals surface area contributed by atoms with Crippen LogP contribution in [-0.2, 0) is 4.79 Å². The molecule has 4 rings (SSSR count). The van der Waals surface area contributed by atoms with Crippen molar-refractivity contribution in [1.29, 1.82) is 0 Å². The maximum atomic E-state index is 12.5. The molecule has 1 aliphatic heterocycles. The molecule has 1 fully saturated rings. The maximum Gasteiger partial charge on any atom is 0.279 e. The van der Waals surface area contributed by atoms with Crippen molar-refractivity contribution >= 4 is 28.8 Å². The van der Waals surface area contributed by atoms with E-state index in [-0.39, 0.29) is 5.91 Å². The average molecular weight is 337 g/mol. The highest BCUT2D eigenvalue weighted by Gasteiger charge is 2.28. The quantitative estimate of drug-likeness (QED) is 0.653. The zero-order valence-corrected chi connectivity index (χ0v) is 14.5. The van der Waals surface area contributed by atoms with Crippen LogP contribution < -0.4 is 5.32 Å². The van der Waals surface area contributed by atoms with Crippen LogP contribution in [0.2, 0.25) is 0 Å². The number of aliphatic imine (C=N–C) groups is 1. The van der Waals surface area contributed by atoms with Gasteiger partial charge in [0.15, 0.2) is 0 Å². The number of likely N-dealkylation sites (N-methyl/N-ethyl adjacent to an activating group) is 1. The third-order valence-corrected chi connectivity index (χ3v) is 5.02. The van der Waals surface area contributed by atoms with Crippen LogP contribution in [0.25, 0.3) is 17.0 Å². The summed E-state index contributed by atoms with van der Waals surface area (Å²) in [6.07, 6.45) is 11.0. The van der Waals surface area contributed by atoms with Gasteiger partial charge in [0.25, 0.3) is 5.91 Å². The first-order valence-electron chi connectivity index (χ1n) is 8.99. The number of nitrogens with zero attached hydrogens (tertiary/aromatic N) is 3. The van der Waals surface area contributed by atoms with Crippen molar-refractivity contribution in [1.82, 2.24) is 20.4 Å². The molecule has 2 aromatic rings. The van der Waals surface area contributed by atoms with E-state index in [1.165, 1.54) is 25.7 Å². The number of rotatable bonds is 2. The van der Waals surface area contributed by atoms with Gasteiger partial charge in [0.1, 0.15) is 5.70 Å². The standard InChI is InChI=1S/C19H23N5O/c1-24-18(25)17(11-13-8-9-16-14(10-13)12-20-23-16)22-19(24)21-15-6-4-2-3-5-7-15/h8-12,15H,2-7H2,1H3,(H,20,23)(H,21,22)/b17-11-. The third kappa shape index (κ3) is 3.29. The second-order valence-electron chi connectivity index (χ2n) is 6.88. The Kier molecular flexibility index (Phi) is 4.26. The Hall–Kier alpha value is -2.63. The molecule has 0 saturated heterocycles. The van der Waals surface area contributed by atoms with Crippen LogP contribution in [0.4, 0.5) is 0 Å². The molecule has 1 saturated carbocycles. The van der Waals surface area contributed by atoms with Gasteiger partial charge in [-0.05, 0) is 36.6 Å². The van der Waals surface area contributed by atoms with Crippen LogP contribution in [0.1, 0.15) is 44.1 Å². The Bertz CT molecular complexity index is 842. The zero-order valence-electron chi connectivity index (χ0n) is 14.5. The van der Waals surface area contributed by atoms with Crippen molar-refractivity contribution in [2.24, 2.45) is 4.99 Å². The topological polar surface area (TPSA) is 73.4 Å². The summed E-state index contributed by atoms with van der Waals surface area (Å²) in [5, 5.41) is 11.5. The van der Waals surface area contributed by atoms with Gasteiger partial charge in [0.2, 0.25) is 5.96 Å². The molecule has 6 nitrogen and oxygen atoms in total. The number of fused-ring (bicyclic) bond motifs is 1. The maximum absolute atomic E-state index is 12.5. The van der Waals surface area contributed by atoms with Crippen LogP contribution >= 0.6 is 0 Å². The van der Waals surface area contributed by atoms with E-state index in [2.05, 4.69) is 20.5 Å². The van der Waals surface area contributed by atoms with Crippen molar-refractivity contribution in [2.75, 3.05) is 7.05 Å². The number of guanidine groups is 1. The lowest BCUT2D eigenvalue weighted by molar-refractivity contribution is -0.121. The van der Waals surface area contributed by atoms with Gasteiger partial charge in [-0.1, -0.05) is 31.7 Å². The number of amides is 1. The van der Waals surface area contributed by atoms with Crippen molar-refractivity contribution in [2.45, 2.75) is 44.6 Å². The van der Waals surface area contributed by atoms with Crippen molar-refractivity contribution in [3.63, 3.8) is 0 Å². The van der Waals surface area contributed by atoms with E-state index in [9.17, 15) is 4.79 Å². The number of hydrogen-bond acceptors (Lipinski definition) is 4. The second kappa shape index (κ2) is 6.70. The molecule has 2 N–H and O–H groups in total. The van der Waals surface area contributed by atoms with Gasteiger partial charge < -0.3 is 5.32 Å². The molecule has 25 heavy (non-hydrogen) atoms. The van der Waals surface area contributed by atoms with E-state index in [0.717, 1.165) is 29.3 Å². The van der Waals surface area contributed by atoms with Crippen LogP contribution in [0.3, 0.4) is 0 Å². The summed E-state index contributed by atoms with van der Waals surface area (Å²) in [6.45, 7) is 0. The first kappa shape index (κ1) is 15.9. The van der Waals surface area contributed by atoms with E-state index in [1.54, 1.807) is 18.1 Å². The Labute approximate surface area is 147 Å². The van der Waals surface area contributed by atoms with Crippen molar-refractivity contribution in [3.05, 3.63) is 35.7 Å². The molecule has 1 aromatic carbocycles. The molecule has 0 bridgehead atoms. The SMILES string of the molecule is CN1C(=O)/C(=C/c2ccc3[nH]ncc3c2)N=C1NC1CCCCCC1. The van der Waals surface area contributed by atoms with Gasteiger partial charge in [-0.3, -0.25) is 14.8 Å². The normalized spacial score (nSPS) is 21.0. The van der Waals surface area contributed by atoms with Crippen molar-refractivity contribution < 1.29 is 4.79 Å². The first-order chi connectivity index (χ1) is 12.2. The van der Waals surface area contributed by atoms with E-state index in [1.807, 2.05) is 24.3 Å². The minimum Gasteiger partial charge on any atom is -0.353 e. The third-order valence-electron chi connectivity index (χ3n) is 5.02. The Morgan fingerprint density at radius 2 is 2.04 bits per heavy atom. The van der Waals surface area contributed by atoms with Gasteiger partial charge in [-0.2, -0.15) is 5.10 Å². The molecular weight excluding hydrogens is 314 g/mol. The van der Waals surface area contributed by atoms with Gasteiger partial charge in [-0.25, -0.2) is 4.99 Å². The van der Waals surface area contributed by atoms with E-state index < -0.39 is 0 Å². The molecule has 2 heterocycles. The average Bonchev–Trinajstić information content (AvgIpc) is 3.06. The van der Waals surface area contributed by atoms with Gasteiger partial charge >= 0.3 is 0 Å². The molecule has 0 atom stereocenters. The smallest absolute Gasteiger partial charge is 0.279 e. The monoisotopic (exact) mass is 337 g/mol. The lowest BCUT2D eigenvalue weighted by Gasteiger charge is -2.20. The zero-order chi connectivity index (χ0) is 17.2. The minimum absolute atomic E-state index is 0.0663. The van der Waals surface area contributed by atoms with Crippen LogP contribution in [0.15, 0.2) is 35.1 Å². The summed E-state index contributed by atoms with van der Waals surface area (Å²) < 4.78 is 0. The molecule has 1 aliphatic carbocycles. The van der Waals surface area contributed by atoms with Gasteiger partial charge in [0.05, 0.1) is 11.7 Å². The molecule has 1 amide bonds. The predicted molar refractivity (Wildman–Crippen MR) is 98.9 cm³/mol. The predicted octanol–water partition coefficient (Wildman–Crippen LogP) is 3.04. The van der Waals surface area contributed by atoms with Gasteiger partial charge in [-0.15, -0.1) is 0 Å². The number of aromatic nitrogens is 2. The fraction of sp³-hybridized carbons (Fsp3) is 0.421. The van der Waals surface area contributed by atoms with Crippen molar-refractivity contribution in [3.8, 4) is 0 Å². The largest absolute Gasteiger partial charge is 0.353 e. The summed E-state index contributed by atoms with van der Waals surface area (Å²) in [5.41, 5.74) is 2.41. The number of H-pyrrole nitrogens is 1. The van der Waals surface area contributed by atoms with E-state index in [4.69, 9.17) is 0 Å². The lowest BCUT2D eigenvalue weighted by Crippen LogP contribution is -2.43. The van der Waals surface area contributed by atoms with E-state index in [0.29, 0.717) is 17.7 Å². The molecule has 130 valence electrons. The highest BCUT2D eigenvalue weighted by Crippen LogP contribution is 2.21. The fourth-order valence-corrected chi connectivity index (χ4v) is 3.54. The number of hydrogen-bond donors (Lipinski definition) is 2. The van der Waals surface area contributed by atoms with Crippen LogP contribution in [-0.4, -0.2) is 40.1 Å². The Morgan fingerprint density at radius 3 is 2.84 bits per heavy atom. The molecule has 0 radical (unpaired) electrons. The highest BCUT2D eigenvalue weighted by molar-refractivity contribution is 6.13. The first-order valence-corrected chi connectivity index (χ1v) is 8.99. The van der Waals surface area contributed by atoms with Crippen LogP contribution in [0.5, 0.6) is 0 Å².